The van der Waals surface area contributed by atoms with Crippen LogP contribution in [0.25, 0.3) is 0 Å². The lowest BCUT2D eigenvalue weighted by molar-refractivity contribution is -0.160. The maximum atomic E-state index is 14.0. The summed E-state index contributed by atoms with van der Waals surface area (Å²) in [5.41, 5.74) is 0.266. The van der Waals surface area contributed by atoms with Gasteiger partial charge in [0.2, 0.25) is 13.0 Å². The number of hydrogen-bond acceptors (Lipinski definition) is 13. The number of aromatic nitrogens is 1. The quantitative estimate of drug-likeness (QED) is 0.0735. The topological polar surface area (TPSA) is 166 Å². The first-order valence-corrected chi connectivity index (χ1v) is 18.9. The summed E-state index contributed by atoms with van der Waals surface area (Å²) in [6.07, 6.45) is -0.346. The van der Waals surface area contributed by atoms with Crippen LogP contribution in [0.3, 0.4) is 0 Å². The zero-order valence-electron chi connectivity index (χ0n) is 27.9. The van der Waals surface area contributed by atoms with Crippen molar-refractivity contribution >= 4 is 87.5 Å². The standard InChI is InChI=1S/C34H34ClN5O8S3/c1-5-49-21-17-50-31-25(30(44)40(31)26(21)32(45)47-27(19-12-8-6-9-13-19)20-14-10-7-11-15-20)37-29(43)24(23-28(35)51-33(38-23)36-18-41)39-46-16-22(42)48-34(2,3)4/h6-15,18,25,27,31H,5,16-17H2,1-4H3,(H,37,43)(H,36,38,41)/t25?,31-/m0/s1. The van der Waals surface area contributed by atoms with E-state index in [0.29, 0.717) is 22.8 Å². The van der Waals surface area contributed by atoms with Gasteiger partial charge in [0.1, 0.15) is 32.7 Å². The van der Waals surface area contributed by atoms with Gasteiger partial charge in [-0.25, -0.2) is 14.6 Å². The third kappa shape index (κ3) is 9.11. The number of anilines is 1. The molecule has 0 bridgehead atoms. The molecule has 2 atom stereocenters. The Hall–Kier alpha value is -4.38. The summed E-state index contributed by atoms with van der Waals surface area (Å²) in [6.45, 7) is 6.36. The summed E-state index contributed by atoms with van der Waals surface area (Å²) in [5, 5.41) is 8.28. The summed E-state index contributed by atoms with van der Waals surface area (Å²) >= 11 is 10.0. The molecular weight excluding hydrogens is 738 g/mol. The monoisotopic (exact) mass is 771 g/mol. The Morgan fingerprint density at radius 3 is 2.35 bits per heavy atom. The van der Waals surface area contributed by atoms with E-state index in [-0.39, 0.29) is 20.9 Å². The molecule has 51 heavy (non-hydrogen) atoms. The summed E-state index contributed by atoms with van der Waals surface area (Å²) in [5.74, 6) is -1.80. The average Bonchev–Trinajstić information content (AvgIpc) is 3.46. The minimum atomic E-state index is -1.07. The highest BCUT2D eigenvalue weighted by Gasteiger charge is 2.55. The third-order valence-electron chi connectivity index (χ3n) is 7.13. The second-order valence-corrected chi connectivity index (χ2v) is 15.9. The SMILES string of the molecule is CCSC1=C(C(=O)OC(c2ccccc2)c2ccccc2)N2C(=O)C(NC(=O)C(=NOCC(=O)OC(C)(C)C)c3nc(NC=O)sc3Cl)[C@@H]2SC1. The number of fused-ring (bicyclic) bond motifs is 1. The van der Waals surface area contributed by atoms with Gasteiger partial charge in [0.15, 0.2) is 16.9 Å². The number of carbonyl (C=O) groups is 5. The van der Waals surface area contributed by atoms with Crippen LogP contribution in [0.2, 0.25) is 4.34 Å². The van der Waals surface area contributed by atoms with Crippen molar-refractivity contribution in [1.29, 1.82) is 0 Å². The Labute approximate surface area is 311 Å². The Bertz CT molecular complexity index is 1810. The van der Waals surface area contributed by atoms with E-state index >= 15 is 0 Å². The fourth-order valence-corrected chi connectivity index (χ4v) is 8.50. The molecule has 1 aromatic heterocycles. The molecular formula is C34H34ClN5O8S3. The normalized spacial score (nSPS) is 17.3. The van der Waals surface area contributed by atoms with Gasteiger partial charge in [0.05, 0.1) is 0 Å². The predicted molar refractivity (Wildman–Crippen MR) is 196 cm³/mol. The van der Waals surface area contributed by atoms with E-state index in [2.05, 4.69) is 20.8 Å². The molecule has 0 radical (unpaired) electrons. The largest absolute Gasteiger partial charge is 0.457 e. The molecule has 17 heteroatoms. The van der Waals surface area contributed by atoms with Crippen molar-refractivity contribution in [3.05, 3.63) is 92.4 Å². The van der Waals surface area contributed by atoms with Gasteiger partial charge >= 0.3 is 11.9 Å². The molecule has 3 aromatic rings. The number of β-lactam (4-membered cyclic amide) rings is 1. The minimum Gasteiger partial charge on any atom is -0.457 e. The van der Waals surface area contributed by atoms with Gasteiger partial charge < -0.3 is 24.9 Å². The van der Waals surface area contributed by atoms with Crippen LogP contribution in [0.4, 0.5) is 5.13 Å². The molecule has 2 aliphatic rings. The molecule has 0 aliphatic carbocycles. The first-order chi connectivity index (χ1) is 24.4. The molecule has 3 heterocycles. The van der Waals surface area contributed by atoms with Crippen LogP contribution in [0, 0.1) is 0 Å². The summed E-state index contributed by atoms with van der Waals surface area (Å²) in [4.78, 5) is 76.2. The second-order valence-electron chi connectivity index (χ2n) is 11.9. The number of nitrogens with zero attached hydrogens (tertiary/aromatic N) is 3. The lowest BCUT2D eigenvalue weighted by Crippen LogP contribution is -2.71. The van der Waals surface area contributed by atoms with Crippen molar-refractivity contribution in [2.24, 2.45) is 5.16 Å². The Morgan fingerprint density at radius 2 is 1.76 bits per heavy atom. The van der Waals surface area contributed by atoms with Gasteiger partial charge in [-0.15, -0.1) is 23.5 Å². The molecule has 268 valence electrons. The molecule has 13 nitrogen and oxygen atoms in total. The molecule has 3 amide bonds. The van der Waals surface area contributed by atoms with Crippen LogP contribution in [0.5, 0.6) is 0 Å². The van der Waals surface area contributed by atoms with Crippen LogP contribution >= 0.6 is 46.5 Å². The van der Waals surface area contributed by atoms with Crippen molar-refractivity contribution < 1.29 is 38.3 Å². The fourth-order valence-electron chi connectivity index (χ4n) is 5.09. The van der Waals surface area contributed by atoms with Crippen LogP contribution < -0.4 is 10.6 Å². The van der Waals surface area contributed by atoms with Gasteiger partial charge in [-0.2, -0.15) is 0 Å². The summed E-state index contributed by atoms with van der Waals surface area (Å²) in [6, 6.07) is 17.6. The first kappa shape index (κ1) is 37.9. The van der Waals surface area contributed by atoms with Crippen molar-refractivity contribution in [3.8, 4) is 0 Å². The Balaban J connectivity index is 1.38. The molecule has 2 N–H and O–H groups in total. The van der Waals surface area contributed by atoms with Crippen LogP contribution in [-0.4, -0.2) is 80.9 Å². The van der Waals surface area contributed by atoms with Gasteiger partial charge in [0.25, 0.3) is 11.8 Å². The number of esters is 2. The third-order valence-corrected chi connectivity index (χ3v) is 10.8. The number of thiazole rings is 1. The number of halogens is 1. The van der Waals surface area contributed by atoms with E-state index < -0.39 is 59.2 Å². The van der Waals surface area contributed by atoms with E-state index in [1.54, 1.807) is 20.8 Å². The Kier molecular flexibility index (Phi) is 12.4. The zero-order valence-corrected chi connectivity index (χ0v) is 31.1. The lowest BCUT2D eigenvalue weighted by atomic mass is 10.0. The number of hydrogen-bond donors (Lipinski definition) is 2. The molecule has 0 spiro atoms. The molecule has 0 saturated carbocycles. The minimum absolute atomic E-state index is 0.0108. The van der Waals surface area contributed by atoms with Crippen molar-refractivity contribution in [1.82, 2.24) is 15.2 Å². The highest BCUT2D eigenvalue weighted by molar-refractivity contribution is 8.06. The predicted octanol–water partition coefficient (Wildman–Crippen LogP) is 5.12. The number of carbonyl (C=O) groups excluding carboxylic acids is 5. The van der Waals surface area contributed by atoms with Gasteiger partial charge in [0, 0.05) is 10.7 Å². The lowest BCUT2D eigenvalue weighted by Gasteiger charge is -2.49. The maximum Gasteiger partial charge on any atom is 0.356 e. The number of ether oxygens (including phenoxy) is 2. The molecule has 5 rings (SSSR count). The zero-order chi connectivity index (χ0) is 36.7. The Morgan fingerprint density at radius 1 is 1.12 bits per heavy atom. The van der Waals surface area contributed by atoms with Crippen molar-refractivity contribution in [2.75, 3.05) is 23.4 Å². The van der Waals surface area contributed by atoms with Gasteiger partial charge in [-0.05, 0) is 37.7 Å². The van der Waals surface area contributed by atoms with E-state index in [1.165, 1.54) is 28.4 Å². The molecule has 2 aromatic carbocycles. The number of rotatable bonds is 14. The maximum absolute atomic E-state index is 14.0. The van der Waals surface area contributed by atoms with E-state index in [0.717, 1.165) is 22.5 Å². The average molecular weight is 772 g/mol. The number of benzene rings is 2. The van der Waals surface area contributed by atoms with Crippen LogP contribution in [0.1, 0.15) is 50.6 Å². The molecule has 1 unspecified atom stereocenters. The van der Waals surface area contributed by atoms with Crippen LogP contribution in [-0.2, 0) is 38.3 Å². The van der Waals surface area contributed by atoms with Gasteiger partial charge in [-0.1, -0.05) is 95.7 Å². The summed E-state index contributed by atoms with van der Waals surface area (Å²) in [7, 11) is 0. The molecule has 1 fully saturated rings. The first-order valence-electron chi connectivity index (χ1n) is 15.6. The fraction of sp³-hybridized carbons (Fsp3) is 0.324. The van der Waals surface area contributed by atoms with Crippen molar-refractivity contribution in [2.45, 2.75) is 50.8 Å². The number of nitrogens with one attached hydrogen (secondary N) is 2. The number of thioether (sulfide) groups is 2. The van der Waals surface area contributed by atoms with Crippen molar-refractivity contribution in [3.63, 3.8) is 0 Å². The van der Waals surface area contributed by atoms with E-state index in [1.807, 2.05) is 67.6 Å². The van der Waals surface area contributed by atoms with E-state index in [9.17, 15) is 24.0 Å². The molecule has 1 saturated heterocycles. The highest BCUT2D eigenvalue weighted by atomic mass is 35.5. The van der Waals surface area contributed by atoms with E-state index in [4.69, 9.17) is 25.9 Å². The number of amides is 3. The number of oxime groups is 1. The van der Waals surface area contributed by atoms with Crippen LogP contribution in [0.15, 0.2) is 76.4 Å². The smallest absolute Gasteiger partial charge is 0.356 e. The second kappa shape index (κ2) is 16.8. The summed E-state index contributed by atoms with van der Waals surface area (Å²) < 4.78 is 11.4. The molecule has 2 aliphatic heterocycles. The highest BCUT2D eigenvalue weighted by Crippen LogP contribution is 2.44. The van der Waals surface area contributed by atoms with Gasteiger partial charge in [-0.3, -0.25) is 19.3 Å².